The minimum absolute atomic E-state index is 0.0687. The lowest BCUT2D eigenvalue weighted by molar-refractivity contribution is -0.142. The predicted octanol–water partition coefficient (Wildman–Crippen LogP) is 2.17. The zero-order chi connectivity index (χ0) is 13.8. The molecule has 0 aromatic carbocycles. The fourth-order valence-electron chi connectivity index (χ4n) is 3.14. The summed E-state index contributed by atoms with van der Waals surface area (Å²) in [7, 11) is 0. The molecule has 2 aliphatic heterocycles. The lowest BCUT2D eigenvalue weighted by Crippen LogP contribution is -2.52. The second-order valence-electron chi connectivity index (χ2n) is 5.87. The molecular formula is C14H24N2O3. The number of rotatable bonds is 1. The van der Waals surface area contributed by atoms with E-state index in [1.54, 1.807) is 4.90 Å². The van der Waals surface area contributed by atoms with Gasteiger partial charge in [-0.15, -0.1) is 0 Å². The first-order valence-electron chi connectivity index (χ1n) is 7.38. The quantitative estimate of drug-likeness (QED) is 0.792. The van der Waals surface area contributed by atoms with Crippen molar-refractivity contribution in [3.63, 3.8) is 0 Å². The second kappa shape index (κ2) is 6.26. The van der Waals surface area contributed by atoms with Crippen LogP contribution in [0.25, 0.3) is 0 Å². The Kier molecular flexibility index (Phi) is 4.66. The average molecular weight is 268 g/mol. The molecule has 2 heterocycles. The van der Waals surface area contributed by atoms with Crippen LogP contribution in [0.2, 0.25) is 0 Å². The number of amides is 2. The average Bonchev–Trinajstić information content (AvgIpc) is 2.63. The molecule has 19 heavy (non-hydrogen) atoms. The molecule has 0 spiro atoms. The minimum Gasteiger partial charge on any atom is -0.480 e. The largest absolute Gasteiger partial charge is 0.480 e. The van der Waals surface area contributed by atoms with E-state index in [9.17, 15) is 14.7 Å². The van der Waals surface area contributed by atoms with Crippen molar-refractivity contribution in [2.24, 2.45) is 5.92 Å². The van der Waals surface area contributed by atoms with Crippen molar-refractivity contribution >= 4 is 12.0 Å². The van der Waals surface area contributed by atoms with Crippen molar-refractivity contribution in [1.29, 1.82) is 0 Å². The van der Waals surface area contributed by atoms with Gasteiger partial charge in [-0.3, -0.25) is 0 Å². The van der Waals surface area contributed by atoms with Gasteiger partial charge in [-0.05, 0) is 31.6 Å². The van der Waals surface area contributed by atoms with E-state index in [-0.39, 0.29) is 6.03 Å². The number of piperidine rings is 1. The number of nitrogens with zero attached hydrogens (tertiary/aromatic N) is 2. The van der Waals surface area contributed by atoms with Gasteiger partial charge < -0.3 is 14.9 Å². The van der Waals surface area contributed by atoms with Crippen LogP contribution in [0.5, 0.6) is 0 Å². The summed E-state index contributed by atoms with van der Waals surface area (Å²) in [5.41, 5.74) is 0. The van der Waals surface area contributed by atoms with Gasteiger partial charge in [0.25, 0.3) is 0 Å². The van der Waals surface area contributed by atoms with Crippen LogP contribution in [-0.4, -0.2) is 52.6 Å². The lowest BCUT2D eigenvalue weighted by atomic mass is 10.0. The first kappa shape index (κ1) is 14.2. The molecule has 2 unspecified atom stereocenters. The predicted molar refractivity (Wildman–Crippen MR) is 72.0 cm³/mol. The van der Waals surface area contributed by atoms with Gasteiger partial charge >= 0.3 is 12.0 Å². The molecule has 1 N–H and O–H groups in total. The van der Waals surface area contributed by atoms with Crippen LogP contribution in [0.1, 0.15) is 45.4 Å². The first-order valence-corrected chi connectivity index (χ1v) is 7.38. The van der Waals surface area contributed by atoms with Gasteiger partial charge in [0.15, 0.2) is 0 Å². The standard InChI is InChI=1S/C14H24N2O3/c1-11-6-5-8-15(10-11)14(19)16-9-4-2-3-7-12(16)13(17)18/h11-12H,2-10H2,1H3,(H,17,18). The van der Waals surface area contributed by atoms with Crippen LogP contribution in [0, 0.1) is 5.92 Å². The Morgan fingerprint density at radius 3 is 2.53 bits per heavy atom. The highest BCUT2D eigenvalue weighted by molar-refractivity contribution is 5.82. The van der Waals surface area contributed by atoms with Gasteiger partial charge in [0.2, 0.25) is 0 Å². The third kappa shape index (κ3) is 3.39. The van der Waals surface area contributed by atoms with Crippen molar-refractivity contribution in [3.8, 4) is 0 Å². The van der Waals surface area contributed by atoms with Crippen LogP contribution in [0.15, 0.2) is 0 Å². The fraction of sp³-hybridized carbons (Fsp3) is 0.857. The zero-order valence-corrected chi connectivity index (χ0v) is 11.7. The molecule has 0 aromatic rings. The number of carboxylic acids is 1. The number of carbonyl (C=O) groups excluding carboxylic acids is 1. The number of hydrogen-bond acceptors (Lipinski definition) is 2. The van der Waals surface area contributed by atoms with Crippen LogP contribution in [0.4, 0.5) is 4.79 Å². The van der Waals surface area contributed by atoms with E-state index >= 15 is 0 Å². The van der Waals surface area contributed by atoms with E-state index in [1.807, 2.05) is 4.90 Å². The number of hydrogen-bond donors (Lipinski definition) is 1. The number of aliphatic carboxylic acids is 1. The van der Waals surface area contributed by atoms with Gasteiger partial charge in [0.1, 0.15) is 6.04 Å². The molecule has 0 aromatic heterocycles. The van der Waals surface area contributed by atoms with E-state index in [0.717, 1.165) is 45.2 Å². The molecule has 2 rings (SSSR count). The maximum atomic E-state index is 12.6. The third-order valence-corrected chi connectivity index (χ3v) is 4.21. The van der Waals surface area contributed by atoms with E-state index in [1.165, 1.54) is 0 Å². The summed E-state index contributed by atoms with van der Waals surface area (Å²) in [6.45, 7) is 4.27. The highest BCUT2D eigenvalue weighted by atomic mass is 16.4. The van der Waals surface area contributed by atoms with Crippen molar-refractivity contribution in [3.05, 3.63) is 0 Å². The number of carboxylic acid groups (broad SMARTS) is 1. The number of urea groups is 1. The zero-order valence-electron chi connectivity index (χ0n) is 11.7. The first-order chi connectivity index (χ1) is 9.09. The Hall–Kier alpha value is -1.26. The normalized spacial score (nSPS) is 28.9. The Bertz CT molecular complexity index is 346. The van der Waals surface area contributed by atoms with E-state index in [4.69, 9.17) is 0 Å². The molecule has 0 bridgehead atoms. The van der Waals surface area contributed by atoms with Crippen molar-refractivity contribution in [2.45, 2.75) is 51.5 Å². The highest BCUT2D eigenvalue weighted by Crippen LogP contribution is 2.22. The monoisotopic (exact) mass is 268 g/mol. The van der Waals surface area contributed by atoms with Crippen LogP contribution >= 0.6 is 0 Å². The van der Waals surface area contributed by atoms with E-state index < -0.39 is 12.0 Å². The summed E-state index contributed by atoms with van der Waals surface area (Å²) in [6, 6.07) is -0.701. The Morgan fingerprint density at radius 1 is 1.05 bits per heavy atom. The summed E-state index contributed by atoms with van der Waals surface area (Å²) < 4.78 is 0. The summed E-state index contributed by atoms with van der Waals surface area (Å²) in [4.78, 5) is 27.3. The van der Waals surface area contributed by atoms with Gasteiger partial charge in [0, 0.05) is 19.6 Å². The maximum Gasteiger partial charge on any atom is 0.326 e. The van der Waals surface area contributed by atoms with E-state index in [0.29, 0.717) is 18.9 Å². The Morgan fingerprint density at radius 2 is 1.84 bits per heavy atom. The second-order valence-corrected chi connectivity index (χ2v) is 5.87. The molecule has 2 amide bonds. The minimum atomic E-state index is -0.861. The Labute approximate surface area is 114 Å². The SMILES string of the molecule is CC1CCCN(C(=O)N2CCCCCC2C(=O)O)C1. The van der Waals surface area contributed by atoms with Gasteiger partial charge in [-0.1, -0.05) is 19.8 Å². The summed E-state index contributed by atoms with van der Waals surface area (Å²) in [5.74, 6) is -0.340. The van der Waals surface area contributed by atoms with Gasteiger partial charge in [0.05, 0.1) is 0 Å². The highest BCUT2D eigenvalue weighted by Gasteiger charge is 2.34. The topological polar surface area (TPSA) is 60.9 Å². The number of likely N-dealkylation sites (tertiary alicyclic amines) is 2. The molecule has 5 heteroatoms. The number of carbonyl (C=O) groups is 2. The van der Waals surface area contributed by atoms with Crippen LogP contribution in [-0.2, 0) is 4.79 Å². The van der Waals surface area contributed by atoms with Crippen molar-refractivity contribution in [1.82, 2.24) is 9.80 Å². The van der Waals surface area contributed by atoms with Crippen LogP contribution < -0.4 is 0 Å². The molecule has 2 aliphatic rings. The molecule has 0 aliphatic carbocycles. The summed E-state index contributed by atoms with van der Waals surface area (Å²) in [5, 5.41) is 9.32. The molecule has 2 atom stereocenters. The lowest BCUT2D eigenvalue weighted by Gasteiger charge is -2.37. The fourth-order valence-corrected chi connectivity index (χ4v) is 3.14. The molecular weight excluding hydrogens is 244 g/mol. The summed E-state index contributed by atoms with van der Waals surface area (Å²) >= 11 is 0. The van der Waals surface area contributed by atoms with Gasteiger partial charge in [-0.2, -0.15) is 0 Å². The van der Waals surface area contributed by atoms with Crippen molar-refractivity contribution in [2.75, 3.05) is 19.6 Å². The van der Waals surface area contributed by atoms with Crippen LogP contribution in [0.3, 0.4) is 0 Å². The maximum absolute atomic E-state index is 12.6. The molecule has 5 nitrogen and oxygen atoms in total. The van der Waals surface area contributed by atoms with Gasteiger partial charge in [-0.25, -0.2) is 9.59 Å². The molecule has 108 valence electrons. The van der Waals surface area contributed by atoms with E-state index in [2.05, 4.69) is 6.92 Å². The Balaban J connectivity index is 2.07. The molecule has 2 saturated heterocycles. The smallest absolute Gasteiger partial charge is 0.326 e. The molecule has 0 saturated carbocycles. The molecule has 0 radical (unpaired) electrons. The summed E-state index contributed by atoms with van der Waals surface area (Å²) in [6.07, 6.45) is 5.61. The van der Waals surface area contributed by atoms with Crippen molar-refractivity contribution < 1.29 is 14.7 Å². The third-order valence-electron chi connectivity index (χ3n) is 4.21. The molecule has 2 fully saturated rings.